The van der Waals surface area contributed by atoms with Crippen LogP contribution in [-0.4, -0.2) is 22.3 Å². The highest BCUT2D eigenvalue weighted by Gasteiger charge is 2.18. The molecule has 7 nitrogen and oxygen atoms in total. The van der Waals surface area contributed by atoms with E-state index in [0.29, 0.717) is 0 Å². The van der Waals surface area contributed by atoms with Crippen molar-refractivity contribution < 1.29 is 14.2 Å². The largest absolute Gasteiger partial charge is 0.491 e. The lowest BCUT2D eigenvalue weighted by Crippen LogP contribution is -2.27. The fourth-order valence-corrected chi connectivity index (χ4v) is 1.83. The van der Waals surface area contributed by atoms with E-state index in [1.165, 1.54) is 0 Å². The van der Waals surface area contributed by atoms with Crippen LogP contribution in [0.25, 0.3) is 0 Å². The monoisotopic (exact) mass is 290 g/mol. The van der Waals surface area contributed by atoms with Crippen molar-refractivity contribution in [1.82, 2.24) is 15.6 Å². The number of amides is 1. The molecule has 0 aliphatic heterocycles. The van der Waals surface area contributed by atoms with E-state index in [9.17, 15) is 4.79 Å². The number of nitrogens with one attached hydrogen (secondary N) is 1. The molecule has 3 N–H and O–H groups in total. The quantitative estimate of drug-likeness (QED) is 0.872. The van der Waals surface area contributed by atoms with Gasteiger partial charge in [-0.1, -0.05) is 12.1 Å². The number of nitrogen functional groups attached to an aromatic ring is 1. The molecule has 0 bridgehead atoms. The molecular formula is C14H18N4O3. The number of aromatic nitrogens is 2. The van der Waals surface area contributed by atoms with Crippen molar-refractivity contribution in [2.75, 3.05) is 5.73 Å². The summed E-state index contributed by atoms with van der Waals surface area (Å²) < 4.78 is 10.0. The molecule has 0 saturated heterocycles. The van der Waals surface area contributed by atoms with Gasteiger partial charge in [0.2, 0.25) is 11.5 Å². The van der Waals surface area contributed by atoms with Crippen LogP contribution >= 0.6 is 0 Å². The van der Waals surface area contributed by atoms with Crippen molar-refractivity contribution in [2.24, 2.45) is 0 Å². The Labute approximate surface area is 122 Å². The first-order valence-corrected chi connectivity index (χ1v) is 6.63. The summed E-state index contributed by atoms with van der Waals surface area (Å²) in [5.74, 6) is 0.291. The Hall–Kier alpha value is -2.57. The minimum absolute atomic E-state index is 0.0172. The third-order valence-electron chi connectivity index (χ3n) is 2.81. The number of rotatable bonds is 5. The van der Waals surface area contributed by atoms with Gasteiger partial charge in [-0.25, -0.2) is 4.63 Å². The van der Waals surface area contributed by atoms with Gasteiger partial charge in [-0.15, -0.1) is 0 Å². The lowest BCUT2D eigenvalue weighted by atomic mass is 10.1. The molecular weight excluding hydrogens is 272 g/mol. The summed E-state index contributed by atoms with van der Waals surface area (Å²) in [7, 11) is 0. The highest BCUT2D eigenvalue weighted by molar-refractivity contribution is 5.96. The number of ether oxygens (including phenoxy) is 1. The van der Waals surface area contributed by atoms with Crippen LogP contribution in [0.5, 0.6) is 5.75 Å². The van der Waals surface area contributed by atoms with Crippen LogP contribution in [0.4, 0.5) is 5.82 Å². The van der Waals surface area contributed by atoms with E-state index < -0.39 is 5.91 Å². The topological polar surface area (TPSA) is 103 Å². The van der Waals surface area contributed by atoms with Gasteiger partial charge in [0, 0.05) is 0 Å². The van der Waals surface area contributed by atoms with Crippen LogP contribution < -0.4 is 15.8 Å². The molecule has 2 aromatic rings. The number of anilines is 1. The predicted molar refractivity (Wildman–Crippen MR) is 76.8 cm³/mol. The summed E-state index contributed by atoms with van der Waals surface area (Å²) in [6.45, 7) is 5.77. The van der Waals surface area contributed by atoms with Gasteiger partial charge in [0.05, 0.1) is 12.1 Å². The van der Waals surface area contributed by atoms with Crippen LogP contribution in [0, 0.1) is 0 Å². The summed E-state index contributed by atoms with van der Waals surface area (Å²) in [4.78, 5) is 12.0. The van der Waals surface area contributed by atoms with Gasteiger partial charge in [-0.2, -0.15) is 0 Å². The summed E-state index contributed by atoms with van der Waals surface area (Å²) in [6, 6.07) is 7.31. The lowest BCUT2D eigenvalue weighted by Gasteiger charge is -2.16. The lowest BCUT2D eigenvalue weighted by molar-refractivity contribution is 0.0930. The minimum Gasteiger partial charge on any atom is -0.491 e. The van der Waals surface area contributed by atoms with Crippen molar-refractivity contribution in [3.8, 4) is 5.75 Å². The Kier molecular flexibility index (Phi) is 4.42. The summed E-state index contributed by atoms with van der Waals surface area (Å²) in [5.41, 5.74) is 6.38. The highest BCUT2D eigenvalue weighted by Crippen LogP contribution is 2.20. The van der Waals surface area contributed by atoms with Gasteiger partial charge in [0.25, 0.3) is 5.91 Å². The maximum absolute atomic E-state index is 12.0. The number of carbonyl (C=O) groups excluding carboxylic acids is 1. The Morgan fingerprint density at radius 1 is 1.33 bits per heavy atom. The zero-order chi connectivity index (χ0) is 15.4. The van der Waals surface area contributed by atoms with Gasteiger partial charge in [-0.3, -0.25) is 4.79 Å². The van der Waals surface area contributed by atoms with Crippen LogP contribution in [0.3, 0.4) is 0 Å². The Morgan fingerprint density at radius 2 is 2.10 bits per heavy atom. The molecule has 1 atom stereocenters. The summed E-state index contributed by atoms with van der Waals surface area (Å²) >= 11 is 0. The molecule has 2 rings (SSSR count). The fourth-order valence-electron chi connectivity index (χ4n) is 1.83. The van der Waals surface area contributed by atoms with Gasteiger partial charge in [0.15, 0.2) is 0 Å². The van der Waals surface area contributed by atoms with Crippen molar-refractivity contribution in [1.29, 1.82) is 0 Å². The molecule has 1 unspecified atom stereocenters. The first-order valence-electron chi connectivity index (χ1n) is 6.63. The molecule has 1 aromatic carbocycles. The Morgan fingerprint density at radius 3 is 2.71 bits per heavy atom. The molecule has 112 valence electrons. The van der Waals surface area contributed by atoms with E-state index in [1.54, 1.807) is 0 Å². The third kappa shape index (κ3) is 3.71. The fraction of sp³-hybridized carbons (Fsp3) is 0.357. The minimum atomic E-state index is -0.434. The molecule has 1 amide bonds. The van der Waals surface area contributed by atoms with Gasteiger partial charge >= 0.3 is 0 Å². The van der Waals surface area contributed by atoms with Crippen LogP contribution in [-0.2, 0) is 0 Å². The number of hydrogen-bond acceptors (Lipinski definition) is 6. The second kappa shape index (κ2) is 6.25. The first-order chi connectivity index (χ1) is 9.97. The van der Waals surface area contributed by atoms with Gasteiger partial charge in [0.1, 0.15) is 5.75 Å². The van der Waals surface area contributed by atoms with Crippen molar-refractivity contribution in [3.05, 3.63) is 35.5 Å². The van der Waals surface area contributed by atoms with Crippen LogP contribution in [0.2, 0.25) is 0 Å². The summed E-state index contributed by atoms with van der Waals surface area (Å²) in [6.07, 6.45) is 0.0890. The van der Waals surface area contributed by atoms with Crippen LogP contribution in [0.1, 0.15) is 42.9 Å². The predicted octanol–water partition coefficient (Wildman–Crippen LogP) is 1.93. The average Bonchev–Trinajstić information content (AvgIpc) is 2.84. The van der Waals surface area contributed by atoms with Gasteiger partial charge < -0.3 is 15.8 Å². The Bertz CT molecular complexity index is 624. The zero-order valence-electron chi connectivity index (χ0n) is 12.2. The normalized spacial score (nSPS) is 12.2. The van der Waals surface area contributed by atoms with Crippen molar-refractivity contribution in [3.63, 3.8) is 0 Å². The molecule has 0 radical (unpaired) electrons. The maximum atomic E-state index is 12.0. The molecule has 0 aliphatic rings. The second-order valence-corrected chi connectivity index (χ2v) is 4.93. The molecule has 1 heterocycles. The molecule has 0 fully saturated rings. The molecule has 0 saturated carbocycles. The standard InChI is InChI=1S/C14H18N4O3/c1-8(2)20-11-6-4-5-10(7-11)9(3)16-14(19)12-13(15)18-21-17-12/h4-9H,1-3H3,(H2,15,18)(H,16,19). The molecule has 1 aromatic heterocycles. The van der Waals surface area contributed by atoms with Crippen molar-refractivity contribution in [2.45, 2.75) is 32.9 Å². The SMILES string of the molecule is CC(C)Oc1cccc(C(C)NC(=O)c2nonc2N)c1. The van der Waals surface area contributed by atoms with E-state index in [4.69, 9.17) is 10.5 Å². The third-order valence-corrected chi connectivity index (χ3v) is 2.81. The van der Waals surface area contributed by atoms with Gasteiger partial charge in [-0.05, 0) is 48.8 Å². The smallest absolute Gasteiger partial charge is 0.277 e. The van der Waals surface area contributed by atoms with Crippen LogP contribution in [0.15, 0.2) is 28.9 Å². The van der Waals surface area contributed by atoms with Crippen molar-refractivity contribution >= 4 is 11.7 Å². The second-order valence-electron chi connectivity index (χ2n) is 4.93. The van der Waals surface area contributed by atoms with E-state index in [-0.39, 0.29) is 23.7 Å². The van der Waals surface area contributed by atoms with E-state index in [2.05, 4.69) is 20.3 Å². The average molecular weight is 290 g/mol. The molecule has 21 heavy (non-hydrogen) atoms. The molecule has 7 heteroatoms. The van der Waals surface area contributed by atoms with E-state index >= 15 is 0 Å². The Balaban J connectivity index is 2.08. The number of benzene rings is 1. The van der Waals surface area contributed by atoms with E-state index in [0.717, 1.165) is 11.3 Å². The number of nitrogens with zero attached hydrogens (tertiary/aromatic N) is 2. The maximum Gasteiger partial charge on any atom is 0.277 e. The summed E-state index contributed by atoms with van der Waals surface area (Å²) in [5, 5.41) is 9.63. The highest BCUT2D eigenvalue weighted by atomic mass is 16.6. The number of carbonyl (C=O) groups is 1. The first kappa shape index (κ1) is 14.8. The number of nitrogens with two attached hydrogens (primary N) is 1. The number of hydrogen-bond donors (Lipinski definition) is 2. The molecule has 0 spiro atoms. The zero-order valence-corrected chi connectivity index (χ0v) is 12.2. The molecule has 0 aliphatic carbocycles. The van der Waals surface area contributed by atoms with E-state index in [1.807, 2.05) is 45.0 Å².